The monoisotopic (exact) mass is 758 g/mol. The third-order valence-corrected chi connectivity index (χ3v) is 10.3. The minimum absolute atomic E-state index is 0.0707. The number of ether oxygens (including phenoxy) is 2. The van der Waals surface area contributed by atoms with Crippen LogP contribution in [0.1, 0.15) is 38.5 Å². The van der Waals surface area contributed by atoms with E-state index in [1.165, 1.54) is 0 Å². The highest BCUT2D eigenvalue weighted by atomic mass is 36.0. The molecule has 3 fully saturated rings. The van der Waals surface area contributed by atoms with Crippen molar-refractivity contribution >= 4 is 64.7 Å². The van der Waals surface area contributed by atoms with Crippen LogP contribution >= 0.6 is 21.4 Å². The van der Waals surface area contributed by atoms with Crippen LogP contribution in [0.3, 0.4) is 0 Å². The average Bonchev–Trinajstić information content (AvgIpc) is 3.51. The van der Waals surface area contributed by atoms with E-state index in [2.05, 4.69) is 43.3 Å². The Hall–Kier alpha value is -3.20. The van der Waals surface area contributed by atoms with Gasteiger partial charge in [0.05, 0.1) is 40.9 Å². The van der Waals surface area contributed by atoms with Crippen molar-refractivity contribution in [1.82, 2.24) is 0 Å². The second-order valence-corrected chi connectivity index (χ2v) is 15.8. The lowest BCUT2D eigenvalue weighted by Crippen LogP contribution is -2.50. The average molecular weight is 760 g/mol. The molecule has 4 aromatic carbocycles. The summed E-state index contributed by atoms with van der Waals surface area (Å²) in [4.78, 5) is 4.40. The van der Waals surface area contributed by atoms with Gasteiger partial charge in [-0.05, 0) is 87.1 Å². The molecule has 4 aromatic rings. The van der Waals surface area contributed by atoms with Gasteiger partial charge < -0.3 is 29.5 Å². The fourth-order valence-corrected chi connectivity index (χ4v) is 8.31. The third kappa shape index (κ3) is 7.26. The number of halogens is 2. The van der Waals surface area contributed by atoms with E-state index in [1.54, 1.807) is 0 Å². The molecule has 2 N–H and O–H groups in total. The Kier molecular flexibility index (Phi) is 11.0. The molecule has 0 spiro atoms. The molecule has 14 heteroatoms. The van der Waals surface area contributed by atoms with Gasteiger partial charge in [0, 0.05) is 21.4 Å². The van der Waals surface area contributed by atoms with E-state index in [9.17, 15) is 14.4 Å². The summed E-state index contributed by atoms with van der Waals surface area (Å²) < 4.78 is 44.0. The molecule has 0 radical (unpaired) electrons. The highest BCUT2D eigenvalue weighted by molar-refractivity contribution is 8.26. The Morgan fingerprint density at radius 1 is 0.620 bits per heavy atom. The Morgan fingerprint density at radius 3 is 1.50 bits per heavy atom. The molecular weight excluding hydrogens is 723 g/mol. The first kappa shape index (κ1) is 35.2. The molecule has 3 heterocycles. The summed E-state index contributed by atoms with van der Waals surface area (Å²) >= 11 is -1.64. The number of para-hydroxylation sites is 8. The van der Waals surface area contributed by atoms with Crippen molar-refractivity contribution in [3.63, 3.8) is 0 Å². The smallest absolute Gasteiger partial charge is 0.305 e. The Labute approximate surface area is 304 Å². The van der Waals surface area contributed by atoms with E-state index >= 15 is 0 Å². The lowest BCUT2D eigenvalue weighted by molar-refractivity contribution is -0.0206. The minimum atomic E-state index is -1.67. The number of hydrogen-bond donors (Lipinski definition) is 2. The van der Waals surface area contributed by atoms with Gasteiger partial charge in [-0.15, -0.1) is 0 Å². The maximum atomic E-state index is 11.8. The van der Waals surface area contributed by atoms with Crippen LogP contribution in [0.2, 0.25) is 0 Å². The van der Waals surface area contributed by atoms with E-state index in [0.717, 1.165) is 77.9 Å². The van der Waals surface area contributed by atoms with Crippen molar-refractivity contribution in [1.29, 1.82) is 0 Å². The van der Waals surface area contributed by atoms with Crippen LogP contribution < -0.4 is 19.3 Å². The second kappa shape index (κ2) is 15.6. The standard InChI is InChI=1S/C18H17NO4S.C18H19NO3.Cl2OS/c20-24-22-17-11-5-8-14(18(17)23-24)19-12-6-1-3-9-15(12)21-16-10-4-2-7-13(16)19;20-15-9-5-8-14(18(15)21)19-12-6-1-3-10-16(12)22-17-11-4-2-7-13(17)19;1-4(2)3/h1-4,6-7,9-10,14,17-18H,5,8,11H2;1-4,6-7,10-11,14-15,18,20-21H,5,8-9H2;. The molecule has 0 aromatic heterocycles. The lowest BCUT2D eigenvalue weighted by Gasteiger charge is -2.43. The predicted molar refractivity (Wildman–Crippen MR) is 195 cm³/mol. The summed E-state index contributed by atoms with van der Waals surface area (Å²) in [5.74, 6) is 3.23. The van der Waals surface area contributed by atoms with Crippen LogP contribution in [0.5, 0.6) is 23.0 Å². The highest BCUT2D eigenvalue weighted by Gasteiger charge is 2.47. The van der Waals surface area contributed by atoms with Gasteiger partial charge >= 0.3 is 11.4 Å². The van der Waals surface area contributed by atoms with Gasteiger partial charge in [-0.3, -0.25) is 8.37 Å². The summed E-state index contributed by atoms with van der Waals surface area (Å²) in [6.45, 7) is 0. The number of benzene rings is 4. The SMILES string of the molecule is O=S(Cl)Cl.O=S1OC2CCCC(N3c4ccccc4Oc4ccccc43)C2O1.OC1CCCC(N2c3ccccc3Oc3ccccc32)C1O. The van der Waals surface area contributed by atoms with Crippen molar-refractivity contribution in [2.24, 2.45) is 0 Å². The molecule has 7 unspecified atom stereocenters. The van der Waals surface area contributed by atoms with Crippen LogP contribution in [0.15, 0.2) is 97.1 Å². The first-order valence-electron chi connectivity index (χ1n) is 16.5. The van der Waals surface area contributed by atoms with Crippen LogP contribution in [0, 0.1) is 0 Å². The topological polar surface area (TPSA) is 118 Å². The fraction of sp³-hybridized carbons (Fsp3) is 0.333. The number of nitrogens with zero attached hydrogens (tertiary/aromatic N) is 2. The van der Waals surface area contributed by atoms with E-state index in [-0.39, 0.29) is 24.3 Å². The van der Waals surface area contributed by atoms with Crippen LogP contribution in [0.4, 0.5) is 22.7 Å². The second-order valence-electron chi connectivity index (χ2n) is 12.5. The van der Waals surface area contributed by atoms with Gasteiger partial charge in [0.25, 0.3) is 0 Å². The zero-order chi connectivity index (χ0) is 34.8. The number of hydrogen-bond acceptors (Lipinski definition) is 10. The van der Waals surface area contributed by atoms with Crippen molar-refractivity contribution in [2.75, 3.05) is 9.80 Å². The zero-order valence-corrected chi connectivity index (χ0v) is 29.9. The molecule has 0 bridgehead atoms. The molecule has 5 aliphatic rings. The molecule has 2 saturated carbocycles. The molecule has 3 aliphatic heterocycles. The Morgan fingerprint density at radius 2 is 1.02 bits per heavy atom. The van der Waals surface area contributed by atoms with E-state index in [0.29, 0.717) is 6.42 Å². The van der Waals surface area contributed by atoms with E-state index in [4.69, 9.17) is 22.0 Å². The first-order valence-corrected chi connectivity index (χ1v) is 20.3. The van der Waals surface area contributed by atoms with Gasteiger partial charge in [0.1, 0.15) is 18.3 Å². The van der Waals surface area contributed by atoms with Crippen molar-refractivity contribution in [3.05, 3.63) is 97.1 Å². The molecule has 264 valence electrons. The molecule has 1 saturated heterocycles. The van der Waals surface area contributed by atoms with Crippen LogP contribution in [0.25, 0.3) is 0 Å². The van der Waals surface area contributed by atoms with Crippen molar-refractivity contribution < 1.29 is 36.5 Å². The maximum absolute atomic E-state index is 11.8. The quantitative estimate of drug-likeness (QED) is 0.194. The van der Waals surface area contributed by atoms with Gasteiger partial charge in [0.2, 0.25) is 9.23 Å². The van der Waals surface area contributed by atoms with Gasteiger partial charge in [-0.2, -0.15) is 4.21 Å². The largest absolute Gasteiger partial charge is 0.453 e. The molecule has 2 aliphatic carbocycles. The Bertz CT molecular complexity index is 1780. The number of anilines is 4. The molecule has 9 rings (SSSR count). The third-order valence-electron chi connectivity index (χ3n) is 9.52. The number of rotatable bonds is 2. The molecule has 10 nitrogen and oxygen atoms in total. The van der Waals surface area contributed by atoms with Gasteiger partial charge in [-0.25, -0.2) is 4.21 Å². The van der Waals surface area contributed by atoms with E-state index < -0.39 is 32.8 Å². The normalized spacial score (nSPS) is 27.3. The van der Waals surface area contributed by atoms with Crippen LogP contribution in [-0.2, 0) is 29.0 Å². The van der Waals surface area contributed by atoms with Gasteiger partial charge in [0.15, 0.2) is 23.0 Å². The zero-order valence-electron chi connectivity index (χ0n) is 26.8. The summed E-state index contributed by atoms with van der Waals surface area (Å²) in [5, 5.41) is 20.6. The summed E-state index contributed by atoms with van der Waals surface area (Å²) in [6.07, 6.45) is 3.56. The molecular formula is C36H36Cl2N2O8S2. The molecule has 7 atom stereocenters. The number of aliphatic hydroxyl groups excluding tert-OH is 2. The predicted octanol–water partition coefficient (Wildman–Crippen LogP) is 8.09. The fourth-order valence-electron chi connectivity index (χ4n) is 7.42. The van der Waals surface area contributed by atoms with Crippen molar-refractivity contribution in [3.8, 4) is 23.0 Å². The molecule has 0 amide bonds. The van der Waals surface area contributed by atoms with Gasteiger partial charge in [-0.1, -0.05) is 48.5 Å². The Balaban J connectivity index is 0.000000142. The first-order chi connectivity index (χ1) is 24.3. The lowest BCUT2D eigenvalue weighted by atomic mass is 9.88. The number of aliphatic hydroxyl groups is 2. The molecule has 50 heavy (non-hydrogen) atoms. The summed E-state index contributed by atoms with van der Waals surface area (Å²) in [6, 6.07) is 31.6. The number of fused-ring (bicyclic) bond motifs is 5. The van der Waals surface area contributed by atoms with E-state index in [1.807, 2.05) is 84.9 Å². The minimum Gasteiger partial charge on any atom is -0.453 e. The summed E-state index contributed by atoms with van der Waals surface area (Å²) in [7, 11) is 7.36. The van der Waals surface area contributed by atoms with Crippen LogP contribution in [-0.4, -0.2) is 55.1 Å². The maximum Gasteiger partial charge on any atom is 0.305 e. The highest BCUT2D eigenvalue weighted by Crippen LogP contribution is 2.51. The summed E-state index contributed by atoms with van der Waals surface area (Å²) in [5.41, 5.74) is 3.92. The van der Waals surface area contributed by atoms with Crippen molar-refractivity contribution in [2.45, 2.75) is 75.0 Å².